The molecule has 0 aliphatic carbocycles. The van der Waals surface area contributed by atoms with Crippen molar-refractivity contribution in [2.45, 2.75) is 26.4 Å². The van der Waals surface area contributed by atoms with Crippen LogP contribution in [0, 0.1) is 6.92 Å². The third kappa shape index (κ3) is 4.10. The minimum Gasteiger partial charge on any atom is -0.263 e. The first-order chi connectivity index (χ1) is 9.88. The summed E-state index contributed by atoms with van der Waals surface area (Å²) in [6.07, 6.45) is 0. The van der Waals surface area contributed by atoms with Crippen molar-refractivity contribution in [3.8, 4) is 0 Å². The van der Waals surface area contributed by atoms with E-state index in [9.17, 15) is 8.42 Å². The van der Waals surface area contributed by atoms with Gasteiger partial charge < -0.3 is 0 Å². The Kier molecular flexibility index (Phi) is 4.71. The highest BCUT2D eigenvalue weighted by molar-refractivity contribution is 7.87. The van der Waals surface area contributed by atoms with E-state index >= 15 is 0 Å². The normalized spacial score (nSPS) is 13.5. The lowest BCUT2D eigenvalue weighted by Crippen LogP contribution is -2.39. The number of hydrogen-bond donors (Lipinski definition) is 2. The van der Waals surface area contributed by atoms with Gasteiger partial charge in [-0.05, 0) is 19.4 Å². The number of H-pyrrole nitrogens is 1. The number of aryl methyl sites for hydroxylation is 1. The molecule has 0 radical (unpaired) electrons. The van der Waals surface area contributed by atoms with Crippen LogP contribution >= 0.6 is 0 Å². The molecular formula is C13H19N5O2S. The third-order valence-electron chi connectivity index (χ3n) is 2.99. The zero-order valence-electron chi connectivity index (χ0n) is 12.2. The van der Waals surface area contributed by atoms with Gasteiger partial charge in [0.2, 0.25) is 0 Å². The fourth-order valence-electron chi connectivity index (χ4n) is 1.85. The Bertz CT molecular complexity index is 684. The summed E-state index contributed by atoms with van der Waals surface area (Å²) >= 11 is 0. The topological polar surface area (TPSA) is 91.0 Å². The summed E-state index contributed by atoms with van der Waals surface area (Å²) in [5.41, 5.74) is 0.923. The van der Waals surface area contributed by atoms with E-state index in [-0.39, 0.29) is 0 Å². The Labute approximate surface area is 124 Å². The Balaban J connectivity index is 2.04. The highest BCUT2D eigenvalue weighted by Crippen LogP contribution is 2.11. The van der Waals surface area contributed by atoms with Crippen LogP contribution in [-0.2, 0) is 16.8 Å². The van der Waals surface area contributed by atoms with Crippen LogP contribution in [0.3, 0.4) is 0 Å². The Hall–Kier alpha value is -1.77. The molecule has 0 bridgehead atoms. The van der Waals surface area contributed by atoms with Crippen LogP contribution in [0.2, 0.25) is 0 Å². The summed E-state index contributed by atoms with van der Waals surface area (Å²) in [5.74, 6) is 1.07. The largest absolute Gasteiger partial charge is 0.280 e. The van der Waals surface area contributed by atoms with Crippen LogP contribution in [0.5, 0.6) is 0 Å². The first kappa shape index (κ1) is 15.6. The van der Waals surface area contributed by atoms with Gasteiger partial charge in [0.15, 0.2) is 5.82 Å². The summed E-state index contributed by atoms with van der Waals surface area (Å²) in [5, 5.41) is 6.66. The molecular weight excluding hydrogens is 290 g/mol. The molecule has 0 aliphatic heterocycles. The van der Waals surface area contributed by atoms with Gasteiger partial charge in [-0.2, -0.15) is 22.5 Å². The molecule has 1 aromatic carbocycles. The quantitative estimate of drug-likeness (QED) is 0.837. The van der Waals surface area contributed by atoms with E-state index in [1.54, 1.807) is 13.8 Å². The number of hydrogen-bond acceptors (Lipinski definition) is 4. The zero-order valence-corrected chi connectivity index (χ0v) is 13.1. The maximum Gasteiger partial charge on any atom is 0.280 e. The molecule has 2 aromatic rings. The van der Waals surface area contributed by atoms with Crippen LogP contribution in [0.1, 0.15) is 30.2 Å². The highest BCUT2D eigenvalue weighted by Gasteiger charge is 2.23. The molecule has 1 aromatic heterocycles. The Morgan fingerprint density at radius 3 is 2.57 bits per heavy atom. The van der Waals surface area contributed by atoms with Gasteiger partial charge >= 0.3 is 0 Å². The number of rotatable bonds is 6. The van der Waals surface area contributed by atoms with Crippen molar-refractivity contribution >= 4 is 10.2 Å². The minimum absolute atomic E-state index is 0.302. The van der Waals surface area contributed by atoms with Crippen LogP contribution < -0.4 is 4.72 Å². The van der Waals surface area contributed by atoms with Gasteiger partial charge in [-0.1, -0.05) is 30.3 Å². The van der Waals surface area contributed by atoms with Crippen molar-refractivity contribution in [2.24, 2.45) is 0 Å². The molecule has 0 saturated carbocycles. The summed E-state index contributed by atoms with van der Waals surface area (Å²) < 4.78 is 28.4. The fourth-order valence-corrected chi connectivity index (χ4v) is 2.90. The van der Waals surface area contributed by atoms with Gasteiger partial charge in [0.1, 0.15) is 5.82 Å². The lowest BCUT2D eigenvalue weighted by molar-refractivity contribution is 0.445. The molecule has 1 heterocycles. The first-order valence-corrected chi connectivity index (χ1v) is 7.99. The van der Waals surface area contributed by atoms with Crippen molar-refractivity contribution in [3.05, 3.63) is 47.5 Å². The molecule has 0 aliphatic rings. The standard InChI is InChI=1S/C13H19N5O2S/c1-10(13-14-11(2)15-16-13)17-21(19,20)18(3)9-12-7-5-4-6-8-12/h4-8,10,17H,9H2,1-3H3,(H,14,15,16). The van der Waals surface area contributed by atoms with E-state index in [0.717, 1.165) is 5.56 Å². The van der Waals surface area contributed by atoms with Gasteiger partial charge in [-0.15, -0.1) is 0 Å². The van der Waals surface area contributed by atoms with E-state index in [1.807, 2.05) is 30.3 Å². The molecule has 114 valence electrons. The first-order valence-electron chi connectivity index (χ1n) is 6.55. The predicted molar refractivity (Wildman–Crippen MR) is 79.5 cm³/mol. The molecule has 0 saturated heterocycles. The Morgan fingerprint density at radius 2 is 2.00 bits per heavy atom. The molecule has 8 heteroatoms. The molecule has 1 atom stereocenters. The lowest BCUT2D eigenvalue weighted by Gasteiger charge is -2.20. The monoisotopic (exact) mass is 309 g/mol. The van der Waals surface area contributed by atoms with Crippen molar-refractivity contribution in [2.75, 3.05) is 7.05 Å². The molecule has 21 heavy (non-hydrogen) atoms. The number of nitrogens with zero attached hydrogens (tertiary/aromatic N) is 3. The number of aromatic nitrogens is 3. The summed E-state index contributed by atoms with van der Waals surface area (Å²) in [4.78, 5) is 4.13. The SMILES string of the molecule is Cc1nc(C(C)NS(=O)(=O)N(C)Cc2ccccc2)n[nH]1. The minimum atomic E-state index is -3.61. The molecule has 0 fully saturated rings. The van der Waals surface area contributed by atoms with E-state index in [1.165, 1.54) is 11.4 Å². The average Bonchev–Trinajstić information content (AvgIpc) is 2.86. The Morgan fingerprint density at radius 1 is 1.33 bits per heavy atom. The number of nitrogens with one attached hydrogen (secondary N) is 2. The second-order valence-corrected chi connectivity index (χ2v) is 6.67. The molecule has 0 spiro atoms. The van der Waals surface area contributed by atoms with Crippen LogP contribution in [0.15, 0.2) is 30.3 Å². The van der Waals surface area contributed by atoms with Gasteiger partial charge in [-0.25, -0.2) is 4.98 Å². The molecule has 0 amide bonds. The van der Waals surface area contributed by atoms with Crippen molar-refractivity contribution < 1.29 is 8.42 Å². The zero-order chi connectivity index (χ0) is 15.5. The second-order valence-electron chi connectivity index (χ2n) is 4.87. The molecule has 2 N–H and O–H groups in total. The van der Waals surface area contributed by atoms with E-state index < -0.39 is 16.3 Å². The second kappa shape index (κ2) is 6.33. The van der Waals surface area contributed by atoms with Crippen LogP contribution in [-0.4, -0.2) is 35.0 Å². The van der Waals surface area contributed by atoms with Gasteiger partial charge in [0.05, 0.1) is 6.04 Å². The number of benzene rings is 1. The van der Waals surface area contributed by atoms with Gasteiger partial charge in [-0.3, -0.25) is 5.10 Å². The maximum absolute atomic E-state index is 12.3. The van der Waals surface area contributed by atoms with E-state index in [4.69, 9.17) is 0 Å². The van der Waals surface area contributed by atoms with Crippen molar-refractivity contribution in [1.29, 1.82) is 0 Å². The molecule has 7 nitrogen and oxygen atoms in total. The van der Waals surface area contributed by atoms with Crippen molar-refractivity contribution in [1.82, 2.24) is 24.2 Å². The van der Waals surface area contributed by atoms with E-state index in [0.29, 0.717) is 18.2 Å². The fraction of sp³-hybridized carbons (Fsp3) is 0.385. The lowest BCUT2D eigenvalue weighted by atomic mass is 10.2. The summed E-state index contributed by atoms with van der Waals surface area (Å²) in [6.45, 7) is 3.77. The van der Waals surface area contributed by atoms with E-state index in [2.05, 4.69) is 19.9 Å². The smallest absolute Gasteiger partial charge is 0.263 e. The highest BCUT2D eigenvalue weighted by atomic mass is 32.2. The average molecular weight is 309 g/mol. The summed E-state index contributed by atoms with van der Waals surface area (Å²) in [6, 6.07) is 8.91. The molecule has 2 rings (SSSR count). The third-order valence-corrected chi connectivity index (χ3v) is 4.59. The van der Waals surface area contributed by atoms with Crippen molar-refractivity contribution in [3.63, 3.8) is 0 Å². The number of aromatic amines is 1. The maximum atomic E-state index is 12.3. The van der Waals surface area contributed by atoms with Gasteiger partial charge in [0, 0.05) is 13.6 Å². The van der Waals surface area contributed by atoms with Crippen LogP contribution in [0.25, 0.3) is 0 Å². The van der Waals surface area contributed by atoms with Crippen LogP contribution in [0.4, 0.5) is 0 Å². The van der Waals surface area contributed by atoms with Gasteiger partial charge in [0.25, 0.3) is 10.2 Å². The summed E-state index contributed by atoms with van der Waals surface area (Å²) in [7, 11) is -2.07. The predicted octanol–water partition coefficient (Wildman–Crippen LogP) is 1.14. The molecule has 1 unspecified atom stereocenters.